The maximum Gasteiger partial charge on any atom is 0.128 e. The van der Waals surface area contributed by atoms with Crippen LogP contribution >= 0.6 is 0 Å². The summed E-state index contributed by atoms with van der Waals surface area (Å²) in [6, 6.07) is 13.6. The maximum atomic E-state index is 14.7. The summed E-state index contributed by atoms with van der Waals surface area (Å²) in [6.45, 7) is 3.97. The van der Waals surface area contributed by atoms with Gasteiger partial charge in [0.25, 0.3) is 0 Å². The van der Waals surface area contributed by atoms with E-state index in [-0.39, 0.29) is 18.2 Å². The van der Waals surface area contributed by atoms with Gasteiger partial charge in [-0.1, -0.05) is 12.1 Å². The van der Waals surface area contributed by atoms with E-state index in [2.05, 4.69) is 27.1 Å². The topological polar surface area (TPSA) is 31.4 Å². The number of nitrogens with one attached hydrogen (secondary N) is 1. The molecule has 1 saturated heterocycles. The predicted molar refractivity (Wildman–Crippen MR) is 113 cm³/mol. The van der Waals surface area contributed by atoms with E-state index in [1.165, 1.54) is 18.2 Å². The number of halogens is 2. The Balaban J connectivity index is 1.51. The van der Waals surface area contributed by atoms with Gasteiger partial charge in [0.1, 0.15) is 11.6 Å². The molecule has 0 radical (unpaired) electrons. The number of piperazine rings is 1. The number of benzene rings is 2. The van der Waals surface area contributed by atoms with Crippen molar-refractivity contribution in [3.05, 3.63) is 78.1 Å². The van der Waals surface area contributed by atoms with E-state index in [0.29, 0.717) is 11.3 Å². The SMILES string of the molecule is CN1CCN(c2ccc(F)cc2NCc2ccc(-c3ccncc3)cc2F)CC1. The van der Waals surface area contributed by atoms with Crippen LogP contribution in [0.3, 0.4) is 0 Å². The third-order valence-corrected chi connectivity index (χ3v) is 5.34. The van der Waals surface area contributed by atoms with Crippen molar-refractivity contribution < 1.29 is 8.78 Å². The van der Waals surface area contributed by atoms with Gasteiger partial charge in [0.05, 0.1) is 11.4 Å². The quantitative estimate of drug-likeness (QED) is 0.696. The van der Waals surface area contributed by atoms with E-state index in [9.17, 15) is 8.78 Å². The summed E-state index contributed by atoms with van der Waals surface area (Å²) in [4.78, 5) is 8.50. The molecule has 150 valence electrons. The van der Waals surface area contributed by atoms with Gasteiger partial charge in [-0.15, -0.1) is 0 Å². The lowest BCUT2D eigenvalue weighted by atomic mass is 10.0. The Morgan fingerprint density at radius 1 is 0.897 bits per heavy atom. The van der Waals surface area contributed by atoms with Gasteiger partial charge in [0, 0.05) is 50.7 Å². The van der Waals surface area contributed by atoms with Crippen LogP contribution < -0.4 is 10.2 Å². The fourth-order valence-corrected chi connectivity index (χ4v) is 3.58. The van der Waals surface area contributed by atoms with Crippen molar-refractivity contribution in [3.63, 3.8) is 0 Å². The fourth-order valence-electron chi connectivity index (χ4n) is 3.58. The summed E-state index contributed by atoms with van der Waals surface area (Å²) in [5.41, 5.74) is 3.90. The molecule has 6 heteroatoms. The molecule has 0 saturated carbocycles. The molecule has 29 heavy (non-hydrogen) atoms. The summed E-state index contributed by atoms with van der Waals surface area (Å²) < 4.78 is 28.5. The summed E-state index contributed by atoms with van der Waals surface area (Å²) >= 11 is 0. The summed E-state index contributed by atoms with van der Waals surface area (Å²) in [5.74, 6) is -0.594. The van der Waals surface area contributed by atoms with Crippen molar-refractivity contribution in [1.29, 1.82) is 0 Å². The summed E-state index contributed by atoms with van der Waals surface area (Å²) in [6.07, 6.45) is 3.37. The zero-order valence-corrected chi connectivity index (χ0v) is 16.4. The van der Waals surface area contributed by atoms with Crippen LogP contribution in [0.1, 0.15) is 5.56 Å². The van der Waals surface area contributed by atoms with Crippen LogP contribution in [0, 0.1) is 11.6 Å². The second-order valence-corrected chi connectivity index (χ2v) is 7.35. The number of likely N-dealkylation sites (N-methyl/N-ethyl adjacent to an activating group) is 1. The lowest BCUT2D eigenvalue weighted by Crippen LogP contribution is -2.44. The van der Waals surface area contributed by atoms with Crippen LogP contribution in [0.5, 0.6) is 0 Å². The minimum atomic E-state index is -0.307. The van der Waals surface area contributed by atoms with Crippen LogP contribution in [-0.2, 0) is 6.54 Å². The minimum absolute atomic E-state index is 0.284. The lowest BCUT2D eigenvalue weighted by Gasteiger charge is -2.35. The molecule has 2 heterocycles. The van der Waals surface area contributed by atoms with Gasteiger partial charge in [-0.05, 0) is 54.6 Å². The molecule has 1 aromatic heterocycles. The van der Waals surface area contributed by atoms with Crippen molar-refractivity contribution >= 4 is 11.4 Å². The Kier molecular flexibility index (Phi) is 5.71. The van der Waals surface area contributed by atoms with Crippen molar-refractivity contribution in [2.75, 3.05) is 43.4 Å². The fraction of sp³-hybridized carbons (Fsp3) is 0.261. The van der Waals surface area contributed by atoms with E-state index < -0.39 is 0 Å². The molecule has 0 unspecified atom stereocenters. The summed E-state index contributed by atoms with van der Waals surface area (Å²) in [5, 5.41) is 3.23. The first kappa shape index (κ1) is 19.3. The van der Waals surface area contributed by atoms with Crippen LogP contribution in [0.25, 0.3) is 11.1 Å². The van der Waals surface area contributed by atoms with Crippen molar-refractivity contribution in [2.24, 2.45) is 0 Å². The Morgan fingerprint density at radius 2 is 1.66 bits per heavy atom. The van der Waals surface area contributed by atoms with Crippen LogP contribution in [0.4, 0.5) is 20.2 Å². The van der Waals surface area contributed by atoms with Crippen molar-refractivity contribution in [3.8, 4) is 11.1 Å². The average Bonchev–Trinajstić information content (AvgIpc) is 2.74. The number of nitrogens with zero attached hydrogens (tertiary/aromatic N) is 3. The molecule has 1 N–H and O–H groups in total. The van der Waals surface area contributed by atoms with Crippen LogP contribution in [-0.4, -0.2) is 43.1 Å². The number of hydrogen-bond acceptors (Lipinski definition) is 4. The normalized spacial score (nSPS) is 14.8. The molecule has 1 aliphatic rings. The van der Waals surface area contributed by atoms with Gasteiger partial charge in [0.2, 0.25) is 0 Å². The van der Waals surface area contributed by atoms with Gasteiger partial charge in [-0.25, -0.2) is 8.78 Å². The first-order chi connectivity index (χ1) is 14.1. The van der Waals surface area contributed by atoms with E-state index in [0.717, 1.165) is 43.0 Å². The molecule has 2 aromatic carbocycles. The van der Waals surface area contributed by atoms with Crippen molar-refractivity contribution in [2.45, 2.75) is 6.54 Å². The molecule has 4 rings (SSSR count). The van der Waals surface area contributed by atoms with E-state index in [1.807, 2.05) is 18.2 Å². The molecule has 0 spiro atoms. The highest BCUT2D eigenvalue weighted by atomic mass is 19.1. The first-order valence-corrected chi connectivity index (χ1v) is 9.76. The van der Waals surface area contributed by atoms with E-state index in [1.54, 1.807) is 24.5 Å². The smallest absolute Gasteiger partial charge is 0.128 e. The molecule has 0 atom stereocenters. The number of anilines is 2. The Hall–Kier alpha value is -2.99. The Morgan fingerprint density at radius 3 is 2.38 bits per heavy atom. The van der Waals surface area contributed by atoms with Gasteiger partial charge >= 0.3 is 0 Å². The van der Waals surface area contributed by atoms with E-state index >= 15 is 0 Å². The second-order valence-electron chi connectivity index (χ2n) is 7.35. The number of hydrogen-bond donors (Lipinski definition) is 1. The third-order valence-electron chi connectivity index (χ3n) is 5.34. The lowest BCUT2D eigenvalue weighted by molar-refractivity contribution is 0.313. The third kappa shape index (κ3) is 4.54. The molecule has 0 amide bonds. The molecule has 4 nitrogen and oxygen atoms in total. The number of pyridine rings is 1. The second kappa shape index (κ2) is 8.57. The first-order valence-electron chi connectivity index (χ1n) is 9.76. The largest absolute Gasteiger partial charge is 0.379 e. The van der Waals surface area contributed by atoms with Gasteiger partial charge in [-0.3, -0.25) is 4.98 Å². The highest BCUT2D eigenvalue weighted by Gasteiger charge is 2.17. The molecular weight excluding hydrogens is 370 g/mol. The average molecular weight is 394 g/mol. The minimum Gasteiger partial charge on any atom is -0.379 e. The predicted octanol–water partition coefficient (Wildman–Crippen LogP) is 4.39. The Bertz CT molecular complexity index is 970. The zero-order chi connectivity index (χ0) is 20.2. The number of aromatic nitrogens is 1. The molecule has 0 bridgehead atoms. The van der Waals surface area contributed by atoms with Crippen LogP contribution in [0.15, 0.2) is 60.9 Å². The molecule has 1 fully saturated rings. The number of rotatable bonds is 5. The molecule has 1 aliphatic heterocycles. The highest BCUT2D eigenvalue weighted by Crippen LogP contribution is 2.29. The molecule has 0 aliphatic carbocycles. The van der Waals surface area contributed by atoms with Gasteiger partial charge in [-0.2, -0.15) is 0 Å². The Labute approximate surface area is 169 Å². The van der Waals surface area contributed by atoms with Gasteiger partial charge < -0.3 is 15.1 Å². The highest BCUT2D eigenvalue weighted by molar-refractivity contribution is 5.70. The van der Waals surface area contributed by atoms with Crippen LogP contribution in [0.2, 0.25) is 0 Å². The van der Waals surface area contributed by atoms with E-state index in [4.69, 9.17) is 0 Å². The monoisotopic (exact) mass is 394 g/mol. The van der Waals surface area contributed by atoms with Crippen molar-refractivity contribution in [1.82, 2.24) is 9.88 Å². The maximum absolute atomic E-state index is 14.7. The van der Waals surface area contributed by atoms with Gasteiger partial charge in [0.15, 0.2) is 0 Å². The molecule has 3 aromatic rings. The zero-order valence-electron chi connectivity index (χ0n) is 16.4. The standard InChI is InChI=1S/C23H24F2N4/c1-28-10-12-29(13-11-28)23-5-4-20(24)15-22(23)27-16-19-3-2-18(14-21(19)25)17-6-8-26-9-7-17/h2-9,14-15,27H,10-13,16H2,1H3. The summed E-state index contributed by atoms with van der Waals surface area (Å²) in [7, 11) is 2.10. The molecular formula is C23H24F2N4.